The van der Waals surface area contributed by atoms with Gasteiger partial charge in [0.1, 0.15) is 17.3 Å². The first-order chi connectivity index (χ1) is 19.1. The molecule has 0 radical (unpaired) electrons. The fraction of sp³-hybridized carbons (Fsp3) is 0.312. The number of likely N-dealkylation sites (tertiary alicyclic amines) is 1. The first-order valence-corrected chi connectivity index (χ1v) is 14.7. The Kier molecular flexibility index (Phi) is 7.44. The molecule has 3 aromatic heterocycles. The second kappa shape index (κ2) is 11.3. The molecule has 200 valence electrons. The van der Waals surface area contributed by atoms with Crippen molar-refractivity contribution in [1.82, 2.24) is 19.3 Å². The molecule has 1 aliphatic heterocycles. The lowest BCUT2D eigenvalue weighted by Gasteiger charge is -2.32. The van der Waals surface area contributed by atoms with Crippen LogP contribution in [0.4, 0.5) is 15.3 Å². The Labute approximate surface area is 233 Å². The molecule has 0 amide bonds. The van der Waals surface area contributed by atoms with Crippen molar-refractivity contribution in [2.75, 3.05) is 25.0 Å². The van der Waals surface area contributed by atoms with Crippen LogP contribution in [0.5, 0.6) is 0 Å². The van der Waals surface area contributed by atoms with Gasteiger partial charge in [0.15, 0.2) is 5.13 Å². The van der Waals surface area contributed by atoms with Crippen LogP contribution in [0.1, 0.15) is 54.6 Å². The lowest BCUT2D eigenvalue weighted by atomic mass is 9.90. The van der Waals surface area contributed by atoms with Crippen LogP contribution in [0.2, 0.25) is 0 Å². The highest BCUT2D eigenvalue weighted by Crippen LogP contribution is 2.35. The maximum absolute atomic E-state index is 13.7. The highest BCUT2D eigenvalue weighted by molar-refractivity contribution is 7.13. The number of hydrogen-bond acceptors (Lipinski definition) is 5. The summed E-state index contributed by atoms with van der Waals surface area (Å²) < 4.78 is 15.9. The lowest BCUT2D eigenvalue weighted by Crippen LogP contribution is -2.32. The highest BCUT2D eigenvalue weighted by Gasteiger charge is 2.24. The van der Waals surface area contributed by atoms with Crippen LogP contribution in [0.15, 0.2) is 84.2 Å². The molecule has 0 bridgehead atoms. The van der Waals surface area contributed by atoms with E-state index in [0.29, 0.717) is 12.3 Å². The van der Waals surface area contributed by atoms with Gasteiger partial charge in [0.2, 0.25) is 0 Å². The van der Waals surface area contributed by atoms with Crippen LogP contribution in [0, 0.1) is 0 Å². The molecule has 7 heteroatoms. The zero-order valence-electron chi connectivity index (χ0n) is 22.6. The van der Waals surface area contributed by atoms with Crippen LogP contribution in [-0.4, -0.2) is 39.4 Å². The van der Waals surface area contributed by atoms with Gasteiger partial charge in [-0.25, -0.2) is 14.4 Å². The summed E-state index contributed by atoms with van der Waals surface area (Å²) in [5.41, 5.74) is 6.57. The number of rotatable bonds is 7. The normalized spacial score (nSPS) is 16.8. The Morgan fingerprint density at radius 2 is 1.87 bits per heavy atom. The van der Waals surface area contributed by atoms with Gasteiger partial charge in [0.25, 0.3) is 0 Å². The number of piperidine rings is 1. The molecule has 1 fully saturated rings. The largest absolute Gasteiger partial charge is 0.305 e. The van der Waals surface area contributed by atoms with Gasteiger partial charge in [-0.1, -0.05) is 61.5 Å². The number of halogens is 1. The SMILES string of the molecule is CCc1nc2ccc(C3CCN(Cc4ccccc4)CC3)cn2c1N(C)c1nc(C2=CC=C(F)CC=C2)cs1. The number of aromatic nitrogens is 3. The van der Waals surface area contributed by atoms with Crippen LogP contribution in [0.25, 0.3) is 11.2 Å². The van der Waals surface area contributed by atoms with Gasteiger partial charge < -0.3 is 4.90 Å². The molecule has 39 heavy (non-hydrogen) atoms. The van der Waals surface area contributed by atoms with Crippen molar-refractivity contribution >= 4 is 33.5 Å². The second-order valence-corrected chi connectivity index (χ2v) is 11.2. The van der Waals surface area contributed by atoms with E-state index in [9.17, 15) is 4.39 Å². The minimum atomic E-state index is -0.134. The molecule has 2 aliphatic rings. The fourth-order valence-corrected chi connectivity index (χ4v) is 6.41. The number of fused-ring (bicyclic) bond motifs is 1. The third-order valence-corrected chi connectivity index (χ3v) is 8.69. The van der Waals surface area contributed by atoms with Crippen LogP contribution >= 0.6 is 11.3 Å². The number of benzene rings is 1. The van der Waals surface area contributed by atoms with Crippen LogP contribution < -0.4 is 4.90 Å². The summed E-state index contributed by atoms with van der Waals surface area (Å²) in [5, 5.41) is 2.94. The number of imidazole rings is 1. The minimum absolute atomic E-state index is 0.134. The molecule has 0 unspecified atom stereocenters. The van der Waals surface area contributed by atoms with Crippen molar-refractivity contribution in [3.8, 4) is 0 Å². The minimum Gasteiger partial charge on any atom is -0.305 e. The van der Waals surface area contributed by atoms with Gasteiger partial charge in [-0.15, -0.1) is 11.3 Å². The number of thiazole rings is 1. The monoisotopic (exact) mass is 539 g/mol. The molecule has 0 saturated carbocycles. The summed E-state index contributed by atoms with van der Waals surface area (Å²) in [7, 11) is 2.07. The Hall–Kier alpha value is -3.55. The smallest absolute Gasteiger partial charge is 0.191 e. The summed E-state index contributed by atoms with van der Waals surface area (Å²) in [6.07, 6.45) is 12.9. The number of allylic oxidation sites excluding steroid dienone is 6. The quantitative estimate of drug-likeness (QED) is 0.241. The number of hydrogen-bond donors (Lipinski definition) is 0. The van der Waals surface area contributed by atoms with Gasteiger partial charge in [-0.3, -0.25) is 9.30 Å². The summed E-state index contributed by atoms with van der Waals surface area (Å²) in [5.74, 6) is 1.47. The average molecular weight is 540 g/mol. The van der Waals surface area contributed by atoms with E-state index in [1.807, 2.05) is 17.5 Å². The molecule has 5 nitrogen and oxygen atoms in total. The molecule has 4 heterocycles. The maximum Gasteiger partial charge on any atom is 0.191 e. The van der Waals surface area contributed by atoms with E-state index in [1.165, 1.54) is 17.2 Å². The van der Waals surface area contributed by atoms with Gasteiger partial charge >= 0.3 is 0 Å². The molecular formula is C32H34FN5S. The van der Waals surface area contributed by atoms with Crippen molar-refractivity contribution in [2.45, 2.75) is 45.1 Å². The van der Waals surface area contributed by atoms with Crippen molar-refractivity contribution in [3.05, 3.63) is 107 Å². The summed E-state index contributed by atoms with van der Waals surface area (Å²) >= 11 is 1.60. The first-order valence-electron chi connectivity index (χ1n) is 13.8. The van der Waals surface area contributed by atoms with E-state index in [-0.39, 0.29) is 5.83 Å². The molecule has 1 saturated heterocycles. The van der Waals surface area contributed by atoms with Crippen molar-refractivity contribution in [1.29, 1.82) is 0 Å². The Balaban J connectivity index is 1.23. The molecule has 1 aliphatic carbocycles. The van der Waals surface area contributed by atoms with E-state index in [4.69, 9.17) is 9.97 Å². The predicted octanol–water partition coefficient (Wildman–Crippen LogP) is 7.70. The van der Waals surface area contributed by atoms with E-state index in [0.717, 1.165) is 72.5 Å². The van der Waals surface area contributed by atoms with Crippen molar-refractivity contribution < 1.29 is 4.39 Å². The molecule has 0 N–H and O–H groups in total. The number of aryl methyl sites for hydroxylation is 1. The number of nitrogens with zero attached hydrogens (tertiary/aromatic N) is 5. The Morgan fingerprint density at radius 1 is 1.05 bits per heavy atom. The van der Waals surface area contributed by atoms with Crippen LogP contribution in [0.3, 0.4) is 0 Å². The van der Waals surface area contributed by atoms with E-state index in [1.54, 1.807) is 17.4 Å². The van der Waals surface area contributed by atoms with E-state index >= 15 is 0 Å². The zero-order valence-corrected chi connectivity index (χ0v) is 23.4. The van der Waals surface area contributed by atoms with E-state index < -0.39 is 0 Å². The van der Waals surface area contributed by atoms with Crippen molar-refractivity contribution in [2.24, 2.45) is 0 Å². The van der Waals surface area contributed by atoms with Gasteiger partial charge in [-0.2, -0.15) is 0 Å². The van der Waals surface area contributed by atoms with Gasteiger partial charge in [-0.05, 0) is 61.5 Å². The average Bonchev–Trinajstić information content (AvgIpc) is 3.54. The molecule has 0 atom stereocenters. The van der Waals surface area contributed by atoms with Crippen LogP contribution in [-0.2, 0) is 13.0 Å². The third kappa shape index (κ3) is 5.47. The lowest BCUT2D eigenvalue weighted by molar-refractivity contribution is 0.204. The predicted molar refractivity (Wildman–Crippen MR) is 159 cm³/mol. The summed E-state index contributed by atoms with van der Waals surface area (Å²) in [6, 6.07) is 15.2. The zero-order chi connectivity index (χ0) is 26.8. The van der Waals surface area contributed by atoms with Gasteiger partial charge in [0, 0.05) is 37.2 Å². The standard InChI is InChI=1S/C32H34FN5S/c1-3-28-31(36(2)32-35-29(22-39-32)25-10-7-11-27(33)14-12-25)38-21-26(13-15-30(38)34-28)24-16-18-37(19-17-24)20-23-8-5-4-6-9-23/h4-10,12-15,21-22,24H,3,11,16-20H2,1-2H3. The third-order valence-electron chi connectivity index (χ3n) is 7.77. The molecular weight excluding hydrogens is 505 g/mol. The van der Waals surface area contributed by atoms with E-state index in [2.05, 4.69) is 76.8 Å². The summed E-state index contributed by atoms with van der Waals surface area (Å²) in [4.78, 5) is 14.6. The second-order valence-electron chi connectivity index (χ2n) is 10.4. The number of pyridine rings is 1. The first kappa shape index (κ1) is 25.7. The molecule has 6 rings (SSSR count). The maximum atomic E-state index is 13.7. The Bertz CT molecular complexity index is 1540. The molecule has 1 aromatic carbocycles. The number of anilines is 2. The topological polar surface area (TPSA) is 36.7 Å². The highest BCUT2D eigenvalue weighted by atomic mass is 32.1. The van der Waals surface area contributed by atoms with Crippen molar-refractivity contribution in [3.63, 3.8) is 0 Å². The summed E-state index contributed by atoms with van der Waals surface area (Å²) in [6.45, 7) is 5.40. The Morgan fingerprint density at radius 3 is 2.67 bits per heavy atom. The molecule has 4 aromatic rings. The van der Waals surface area contributed by atoms with Gasteiger partial charge in [0.05, 0.1) is 11.4 Å². The molecule has 0 spiro atoms. The fourth-order valence-electron chi connectivity index (χ4n) is 5.61.